The van der Waals surface area contributed by atoms with Crippen LogP contribution in [0.4, 0.5) is 23.1 Å². The number of nitrogens with zero attached hydrogens (tertiary/aromatic N) is 2. The molecule has 1 amide bonds. The molecule has 6 nitrogen and oxygen atoms in total. The average molecular weight is 382 g/mol. The first kappa shape index (κ1) is 18.7. The smallest absolute Gasteiger partial charge is 0.229 e. The molecule has 0 aliphatic rings. The van der Waals surface area contributed by atoms with Crippen LogP contribution in [-0.2, 0) is 11.3 Å². The fourth-order valence-corrected chi connectivity index (χ4v) is 2.75. The maximum atomic E-state index is 11.2. The highest BCUT2D eigenvalue weighted by atomic mass is 35.5. The number of hydrogen-bond acceptors (Lipinski definition) is 5. The van der Waals surface area contributed by atoms with Crippen LogP contribution in [0.2, 0.25) is 5.02 Å². The van der Waals surface area contributed by atoms with Crippen molar-refractivity contribution < 1.29 is 4.79 Å². The third kappa shape index (κ3) is 5.43. The number of anilines is 4. The van der Waals surface area contributed by atoms with Gasteiger partial charge in [-0.2, -0.15) is 4.98 Å². The number of benzene rings is 2. The van der Waals surface area contributed by atoms with Crippen molar-refractivity contribution in [1.82, 2.24) is 9.97 Å². The lowest BCUT2D eigenvalue weighted by molar-refractivity contribution is -0.114. The number of carbonyl (C=O) groups excluding carboxylic acids is 1. The minimum atomic E-state index is -0.120. The van der Waals surface area contributed by atoms with E-state index in [9.17, 15) is 4.79 Å². The van der Waals surface area contributed by atoms with Gasteiger partial charge in [0.1, 0.15) is 5.82 Å². The first-order valence-electron chi connectivity index (χ1n) is 8.47. The number of amides is 1. The molecular formula is C20H20ClN5O. The third-order valence-electron chi connectivity index (χ3n) is 3.71. The van der Waals surface area contributed by atoms with Crippen molar-refractivity contribution in [2.75, 3.05) is 16.0 Å². The maximum Gasteiger partial charge on any atom is 0.229 e. The van der Waals surface area contributed by atoms with Crippen LogP contribution < -0.4 is 16.0 Å². The molecule has 0 spiro atoms. The van der Waals surface area contributed by atoms with Crippen LogP contribution in [0.25, 0.3) is 0 Å². The monoisotopic (exact) mass is 381 g/mol. The van der Waals surface area contributed by atoms with Crippen LogP contribution >= 0.6 is 11.6 Å². The average Bonchev–Trinajstić information content (AvgIpc) is 2.60. The van der Waals surface area contributed by atoms with Gasteiger partial charge in [-0.25, -0.2) is 4.98 Å². The van der Waals surface area contributed by atoms with E-state index in [2.05, 4.69) is 25.9 Å². The van der Waals surface area contributed by atoms with Crippen LogP contribution in [0.3, 0.4) is 0 Å². The Balaban J connectivity index is 1.73. The van der Waals surface area contributed by atoms with Gasteiger partial charge >= 0.3 is 0 Å². The molecule has 3 aromatic rings. The molecule has 0 unspecified atom stereocenters. The summed E-state index contributed by atoms with van der Waals surface area (Å²) in [4.78, 5) is 20.1. The van der Waals surface area contributed by atoms with Gasteiger partial charge in [0.05, 0.1) is 0 Å². The Hall–Kier alpha value is -3.12. The minimum Gasteiger partial charge on any atom is -0.366 e. The van der Waals surface area contributed by atoms with Crippen molar-refractivity contribution in [3.63, 3.8) is 0 Å². The standard InChI is InChI=1S/C20H20ClN5O/c1-13-10-19(22-12-15-6-3-4-9-18(15)21)26-20(23-13)25-17-8-5-7-16(11-17)24-14(2)27/h3-11H,12H2,1-2H3,(H,24,27)(H2,22,23,25,26). The van der Waals surface area contributed by atoms with E-state index < -0.39 is 0 Å². The number of carbonyl (C=O) groups is 1. The number of rotatable bonds is 6. The Bertz CT molecular complexity index is 961. The number of aromatic nitrogens is 2. The lowest BCUT2D eigenvalue weighted by Crippen LogP contribution is -2.07. The second-order valence-electron chi connectivity index (χ2n) is 6.05. The van der Waals surface area contributed by atoms with E-state index in [1.807, 2.05) is 61.5 Å². The Labute approximate surface area is 163 Å². The highest BCUT2D eigenvalue weighted by Crippen LogP contribution is 2.21. The van der Waals surface area contributed by atoms with E-state index in [0.29, 0.717) is 29.0 Å². The molecular weight excluding hydrogens is 362 g/mol. The quantitative estimate of drug-likeness (QED) is 0.574. The van der Waals surface area contributed by atoms with Crippen LogP contribution in [0.15, 0.2) is 54.6 Å². The highest BCUT2D eigenvalue weighted by Gasteiger charge is 2.05. The molecule has 0 radical (unpaired) electrons. The summed E-state index contributed by atoms with van der Waals surface area (Å²) in [6.07, 6.45) is 0. The fraction of sp³-hybridized carbons (Fsp3) is 0.150. The molecule has 27 heavy (non-hydrogen) atoms. The van der Waals surface area contributed by atoms with Gasteiger partial charge in [-0.3, -0.25) is 4.79 Å². The lowest BCUT2D eigenvalue weighted by atomic mass is 10.2. The number of nitrogens with one attached hydrogen (secondary N) is 3. The van der Waals surface area contributed by atoms with Crippen molar-refractivity contribution in [2.45, 2.75) is 20.4 Å². The van der Waals surface area contributed by atoms with Crippen LogP contribution in [0, 0.1) is 6.92 Å². The SMILES string of the molecule is CC(=O)Nc1cccc(Nc2nc(C)cc(NCc3ccccc3Cl)n2)c1. The normalized spacial score (nSPS) is 10.3. The molecule has 1 heterocycles. The molecule has 0 atom stereocenters. The first-order chi connectivity index (χ1) is 13.0. The summed E-state index contributed by atoms with van der Waals surface area (Å²) in [6, 6.07) is 16.9. The molecule has 138 valence electrons. The molecule has 2 aromatic carbocycles. The van der Waals surface area contributed by atoms with E-state index in [0.717, 1.165) is 16.9 Å². The van der Waals surface area contributed by atoms with Gasteiger partial charge in [0.25, 0.3) is 0 Å². The fourth-order valence-electron chi connectivity index (χ4n) is 2.55. The Kier molecular flexibility index (Phi) is 5.88. The maximum absolute atomic E-state index is 11.2. The largest absolute Gasteiger partial charge is 0.366 e. The zero-order valence-electron chi connectivity index (χ0n) is 15.1. The summed E-state index contributed by atoms with van der Waals surface area (Å²) in [5.41, 5.74) is 3.31. The number of hydrogen-bond donors (Lipinski definition) is 3. The molecule has 0 saturated heterocycles. The van der Waals surface area contributed by atoms with E-state index >= 15 is 0 Å². The third-order valence-corrected chi connectivity index (χ3v) is 4.08. The summed E-state index contributed by atoms with van der Waals surface area (Å²) < 4.78 is 0. The van der Waals surface area contributed by atoms with Gasteiger partial charge in [0.2, 0.25) is 11.9 Å². The van der Waals surface area contributed by atoms with Crippen molar-refractivity contribution in [3.05, 3.63) is 70.9 Å². The predicted octanol–water partition coefficient (Wildman–Crippen LogP) is 4.75. The topological polar surface area (TPSA) is 78.9 Å². The zero-order valence-corrected chi connectivity index (χ0v) is 15.8. The molecule has 3 N–H and O–H groups in total. The Morgan fingerprint density at radius 2 is 1.81 bits per heavy atom. The highest BCUT2D eigenvalue weighted by molar-refractivity contribution is 6.31. The second-order valence-corrected chi connectivity index (χ2v) is 6.46. The van der Waals surface area contributed by atoms with Gasteiger partial charge < -0.3 is 16.0 Å². The summed E-state index contributed by atoms with van der Waals surface area (Å²) in [7, 11) is 0. The molecule has 0 aliphatic carbocycles. The van der Waals surface area contributed by atoms with E-state index in [4.69, 9.17) is 11.6 Å². The van der Waals surface area contributed by atoms with Gasteiger partial charge in [-0.15, -0.1) is 0 Å². The molecule has 0 fully saturated rings. The Morgan fingerprint density at radius 3 is 2.59 bits per heavy atom. The second kappa shape index (κ2) is 8.51. The van der Waals surface area contributed by atoms with Crippen molar-refractivity contribution in [2.24, 2.45) is 0 Å². The summed E-state index contributed by atoms with van der Waals surface area (Å²) in [6.45, 7) is 3.94. The molecule has 3 rings (SSSR count). The van der Waals surface area contributed by atoms with Crippen molar-refractivity contribution >= 4 is 40.6 Å². The number of halogens is 1. The lowest BCUT2D eigenvalue weighted by Gasteiger charge is -2.11. The van der Waals surface area contributed by atoms with Gasteiger partial charge in [0.15, 0.2) is 0 Å². The van der Waals surface area contributed by atoms with Gasteiger partial charge in [-0.05, 0) is 36.8 Å². The van der Waals surface area contributed by atoms with Gasteiger partial charge in [-0.1, -0.05) is 35.9 Å². The van der Waals surface area contributed by atoms with Crippen LogP contribution in [0.5, 0.6) is 0 Å². The molecule has 1 aromatic heterocycles. The van der Waals surface area contributed by atoms with E-state index in [1.54, 1.807) is 0 Å². The van der Waals surface area contributed by atoms with Crippen LogP contribution in [-0.4, -0.2) is 15.9 Å². The summed E-state index contributed by atoms with van der Waals surface area (Å²) in [5, 5.41) is 9.91. The van der Waals surface area contributed by atoms with E-state index in [-0.39, 0.29) is 5.91 Å². The minimum absolute atomic E-state index is 0.120. The first-order valence-corrected chi connectivity index (χ1v) is 8.85. The summed E-state index contributed by atoms with van der Waals surface area (Å²) >= 11 is 6.20. The van der Waals surface area contributed by atoms with Crippen molar-refractivity contribution in [1.29, 1.82) is 0 Å². The van der Waals surface area contributed by atoms with Gasteiger partial charge in [0, 0.05) is 41.6 Å². The zero-order chi connectivity index (χ0) is 19.2. The molecule has 0 saturated carbocycles. The number of aryl methyl sites for hydroxylation is 1. The Morgan fingerprint density at radius 1 is 1.04 bits per heavy atom. The molecule has 7 heteroatoms. The molecule has 0 bridgehead atoms. The predicted molar refractivity (Wildman–Crippen MR) is 110 cm³/mol. The van der Waals surface area contributed by atoms with Crippen molar-refractivity contribution in [3.8, 4) is 0 Å². The van der Waals surface area contributed by atoms with Crippen LogP contribution in [0.1, 0.15) is 18.2 Å². The summed E-state index contributed by atoms with van der Waals surface area (Å²) in [5.74, 6) is 1.05. The molecule has 0 aliphatic heterocycles. The van der Waals surface area contributed by atoms with E-state index in [1.165, 1.54) is 6.92 Å².